The molecule has 1 aromatic rings. The first kappa shape index (κ1) is 15.1. The van der Waals surface area contributed by atoms with Crippen LogP contribution in [-0.4, -0.2) is 43.8 Å². The summed E-state index contributed by atoms with van der Waals surface area (Å²) in [4.78, 5) is 3.40. The van der Waals surface area contributed by atoms with Crippen molar-refractivity contribution in [3.8, 4) is 6.07 Å². The number of anilines is 1. The average Bonchev–Trinajstić information content (AvgIpc) is 2.37. The van der Waals surface area contributed by atoms with Gasteiger partial charge in [-0.25, -0.2) is 0 Å². The molecule has 108 valence electrons. The van der Waals surface area contributed by atoms with E-state index in [2.05, 4.69) is 22.0 Å². The summed E-state index contributed by atoms with van der Waals surface area (Å²) >= 11 is 3.34. The Morgan fingerprint density at radius 2 is 1.80 bits per heavy atom. The fraction of sp³-hybridized carbons (Fsp3) is 0.462. The van der Waals surface area contributed by atoms with Crippen LogP contribution in [0, 0.1) is 11.3 Å². The average molecular weight is 348 g/mol. The van der Waals surface area contributed by atoms with Crippen molar-refractivity contribution in [2.75, 3.05) is 37.6 Å². The number of alkyl halides is 3. The van der Waals surface area contributed by atoms with E-state index in [1.165, 1.54) is 4.90 Å². The van der Waals surface area contributed by atoms with E-state index in [9.17, 15) is 13.2 Å². The summed E-state index contributed by atoms with van der Waals surface area (Å²) in [6, 6.07) is 7.41. The lowest BCUT2D eigenvalue weighted by atomic mass is 10.2. The predicted octanol–water partition coefficient (Wildman–Crippen LogP) is 3.01. The first-order chi connectivity index (χ1) is 9.37. The van der Waals surface area contributed by atoms with Crippen LogP contribution in [0.5, 0.6) is 0 Å². The number of nitrogens with zero attached hydrogens (tertiary/aromatic N) is 3. The van der Waals surface area contributed by atoms with Crippen LogP contribution in [0.4, 0.5) is 18.9 Å². The van der Waals surface area contributed by atoms with Gasteiger partial charge in [-0.05, 0) is 18.2 Å². The molecule has 0 amide bonds. The first-order valence-corrected chi connectivity index (χ1v) is 6.91. The van der Waals surface area contributed by atoms with Gasteiger partial charge in [-0.2, -0.15) is 18.4 Å². The molecule has 1 fully saturated rings. The van der Waals surface area contributed by atoms with Crippen molar-refractivity contribution in [1.29, 1.82) is 5.26 Å². The third kappa shape index (κ3) is 4.12. The zero-order valence-electron chi connectivity index (χ0n) is 10.6. The van der Waals surface area contributed by atoms with Crippen LogP contribution in [-0.2, 0) is 0 Å². The van der Waals surface area contributed by atoms with E-state index in [1.54, 1.807) is 12.1 Å². The molecule has 1 heterocycles. The highest BCUT2D eigenvalue weighted by atomic mass is 79.9. The molecule has 0 aliphatic carbocycles. The normalized spacial score (nSPS) is 17.1. The Morgan fingerprint density at radius 3 is 2.35 bits per heavy atom. The Balaban J connectivity index is 2.01. The summed E-state index contributed by atoms with van der Waals surface area (Å²) in [6.07, 6.45) is -4.15. The molecule has 1 aliphatic heterocycles. The van der Waals surface area contributed by atoms with Crippen molar-refractivity contribution in [2.24, 2.45) is 0 Å². The fourth-order valence-electron chi connectivity index (χ4n) is 2.24. The second-order valence-electron chi connectivity index (χ2n) is 4.69. The van der Waals surface area contributed by atoms with Gasteiger partial charge in [-0.1, -0.05) is 15.9 Å². The van der Waals surface area contributed by atoms with Gasteiger partial charge in [0.2, 0.25) is 0 Å². The van der Waals surface area contributed by atoms with Crippen LogP contribution >= 0.6 is 15.9 Å². The van der Waals surface area contributed by atoms with Crippen molar-refractivity contribution in [1.82, 2.24) is 4.90 Å². The van der Waals surface area contributed by atoms with Crippen LogP contribution < -0.4 is 4.90 Å². The summed E-state index contributed by atoms with van der Waals surface area (Å²) in [7, 11) is 0. The van der Waals surface area contributed by atoms with E-state index in [-0.39, 0.29) is 0 Å². The Hall–Kier alpha value is -1.26. The Labute approximate surface area is 123 Å². The lowest BCUT2D eigenvalue weighted by Crippen LogP contribution is -2.49. The van der Waals surface area contributed by atoms with Crippen LogP contribution in [0.2, 0.25) is 0 Å². The molecule has 1 aliphatic rings. The van der Waals surface area contributed by atoms with Gasteiger partial charge in [-0.15, -0.1) is 0 Å². The zero-order valence-corrected chi connectivity index (χ0v) is 12.2. The summed E-state index contributed by atoms with van der Waals surface area (Å²) in [5, 5.41) is 8.93. The molecule has 1 saturated heterocycles. The van der Waals surface area contributed by atoms with Crippen LogP contribution in [0.25, 0.3) is 0 Å². The molecule has 0 spiro atoms. The van der Waals surface area contributed by atoms with E-state index >= 15 is 0 Å². The van der Waals surface area contributed by atoms with Crippen molar-refractivity contribution >= 4 is 21.6 Å². The lowest BCUT2D eigenvalue weighted by Gasteiger charge is -2.36. The molecule has 0 bridgehead atoms. The number of hydrogen-bond donors (Lipinski definition) is 0. The van der Waals surface area contributed by atoms with Crippen molar-refractivity contribution in [3.63, 3.8) is 0 Å². The summed E-state index contributed by atoms with van der Waals surface area (Å²) in [6.45, 7) is 0.930. The molecular formula is C13H13BrF3N3. The van der Waals surface area contributed by atoms with E-state index in [0.717, 1.165) is 10.2 Å². The van der Waals surface area contributed by atoms with E-state index in [1.807, 2.05) is 11.0 Å². The standard InChI is InChI=1S/C13H13BrF3N3/c14-11-5-10(8-18)6-12(7-11)20-3-1-19(2-4-20)9-13(15,16)17/h5-7H,1-4,9H2. The number of hydrogen-bond acceptors (Lipinski definition) is 3. The molecule has 7 heteroatoms. The Morgan fingerprint density at radius 1 is 1.15 bits per heavy atom. The van der Waals surface area contributed by atoms with Crippen LogP contribution in [0.3, 0.4) is 0 Å². The van der Waals surface area contributed by atoms with Gasteiger partial charge in [-0.3, -0.25) is 4.90 Å². The molecule has 3 nitrogen and oxygen atoms in total. The van der Waals surface area contributed by atoms with Crippen molar-refractivity contribution < 1.29 is 13.2 Å². The first-order valence-electron chi connectivity index (χ1n) is 6.12. The maximum Gasteiger partial charge on any atom is 0.401 e. The number of rotatable bonds is 2. The summed E-state index contributed by atoms with van der Waals surface area (Å²) in [5.74, 6) is 0. The zero-order chi connectivity index (χ0) is 14.8. The molecule has 0 aromatic heterocycles. The second-order valence-corrected chi connectivity index (χ2v) is 5.60. The largest absolute Gasteiger partial charge is 0.401 e. The Bertz CT molecular complexity index is 517. The minimum atomic E-state index is -4.15. The molecule has 20 heavy (non-hydrogen) atoms. The van der Waals surface area contributed by atoms with Crippen LogP contribution in [0.1, 0.15) is 5.56 Å². The third-order valence-electron chi connectivity index (χ3n) is 3.15. The molecule has 1 aromatic carbocycles. The van der Waals surface area contributed by atoms with Gasteiger partial charge in [0.05, 0.1) is 18.2 Å². The summed E-state index contributed by atoms with van der Waals surface area (Å²) < 4.78 is 37.7. The molecule has 0 unspecified atom stereocenters. The minimum absolute atomic E-state index is 0.369. The highest BCUT2D eigenvalue weighted by Crippen LogP contribution is 2.24. The predicted molar refractivity (Wildman–Crippen MR) is 73.6 cm³/mol. The van der Waals surface area contributed by atoms with Gasteiger partial charge in [0, 0.05) is 36.3 Å². The number of piperazine rings is 1. The number of nitriles is 1. The smallest absolute Gasteiger partial charge is 0.369 e. The van der Waals surface area contributed by atoms with Crippen LogP contribution in [0.15, 0.2) is 22.7 Å². The lowest BCUT2D eigenvalue weighted by molar-refractivity contribution is -0.146. The van der Waals surface area contributed by atoms with E-state index in [0.29, 0.717) is 31.7 Å². The Kier molecular flexibility index (Phi) is 4.55. The maximum atomic E-state index is 12.3. The van der Waals surface area contributed by atoms with Crippen molar-refractivity contribution in [3.05, 3.63) is 28.2 Å². The molecule has 0 N–H and O–H groups in total. The SMILES string of the molecule is N#Cc1cc(Br)cc(N2CCN(CC(F)(F)F)CC2)c1. The number of halogens is 4. The van der Waals surface area contributed by atoms with Gasteiger partial charge < -0.3 is 4.90 Å². The molecular weight excluding hydrogens is 335 g/mol. The quantitative estimate of drug-likeness (QED) is 0.823. The highest BCUT2D eigenvalue weighted by Gasteiger charge is 2.32. The third-order valence-corrected chi connectivity index (χ3v) is 3.61. The number of benzene rings is 1. The van der Waals surface area contributed by atoms with Gasteiger partial charge in [0.1, 0.15) is 0 Å². The minimum Gasteiger partial charge on any atom is -0.369 e. The van der Waals surface area contributed by atoms with E-state index in [4.69, 9.17) is 5.26 Å². The van der Waals surface area contributed by atoms with Gasteiger partial charge in [0.15, 0.2) is 0 Å². The summed E-state index contributed by atoms with van der Waals surface area (Å²) in [5.41, 5.74) is 1.40. The second kappa shape index (κ2) is 6.02. The monoisotopic (exact) mass is 347 g/mol. The molecule has 0 saturated carbocycles. The fourth-order valence-corrected chi connectivity index (χ4v) is 2.72. The topological polar surface area (TPSA) is 30.3 Å². The molecule has 0 radical (unpaired) electrons. The van der Waals surface area contributed by atoms with Crippen molar-refractivity contribution in [2.45, 2.75) is 6.18 Å². The molecule has 0 atom stereocenters. The van der Waals surface area contributed by atoms with E-state index < -0.39 is 12.7 Å². The highest BCUT2D eigenvalue weighted by molar-refractivity contribution is 9.10. The maximum absolute atomic E-state index is 12.3. The van der Waals surface area contributed by atoms with Gasteiger partial charge in [0.25, 0.3) is 0 Å². The van der Waals surface area contributed by atoms with Gasteiger partial charge >= 0.3 is 6.18 Å². The molecule has 2 rings (SSSR count).